The molecule has 0 unspecified atom stereocenters. The topological polar surface area (TPSA) is 56.1 Å². The number of nitriles is 1. The zero-order valence-electron chi connectivity index (χ0n) is 11.8. The number of carbonyl (C=O) groups excluding carboxylic acids is 1. The minimum atomic E-state index is -0.0964. The molecule has 1 aromatic carbocycles. The number of anilines is 1. The van der Waals surface area contributed by atoms with Crippen molar-refractivity contribution in [3.63, 3.8) is 0 Å². The van der Waals surface area contributed by atoms with Gasteiger partial charge in [0.05, 0.1) is 11.5 Å². The summed E-state index contributed by atoms with van der Waals surface area (Å²) < 4.78 is 0. The highest BCUT2D eigenvalue weighted by molar-refractivity contribution is 5.95. The fraction of sp³-hybridized carbons (Fsp3) is 0.500. The lowest BCUT2D eigenvalue weighted by Crippen LogP contribution is -2.31. The smallest absolute Gasteiger partial charge is 0.227 e. The van der Waals surface area contributed by atoms with Crippen LogP contribution in [0, 0.1) is 16.7 Å². The molecule has 0 atom stereocenters. The molecule has 0 bridgehead atoms. The van der Waals surface area contributed by atoms with Gasteiger partial charge in [0, 0.05) is 32.2 Å². The summed E-state index contributed by atoms with van der Waals surface area (Å²) in [5, 5.41) is 12.4. The molecule has 0 aromatic heterocycles. The van der Waals surface area contributed by atoms with E-state index < -0.39 is 0 Å². The standard InChI is InChI=1S/C16H19N3O/c1-19-14-4-2-12(8-13(14)3-5-15(19)20)9-18-11-16(10-17)6-7-16/h2,4,8,18H,3,5-7,9,11H2,1H3. The first-order valence-electron chi connectivity index (χ1n) is 7.14. The molecule has 0 spiro atoms. The maximum absolute atomic E-state index is 11.6. The summed E-state index contributed by atoms with van der Waals surface area (Å²) in [6.45, 7) is 1.56. The van der Waals surface area contributed by atoms with Gasteiger partial charge in [-0.2, -0.15) is 5.26 Å². The first-order valence-corrected chi connectivity index (χ1v) is 7.14. The lowest BCUT2D eigenvalue weighted by molar-refractivity contribution is -0.118. The van der Waals surface area contributed by atoms with Crippen LogP contribution in [0.15, 0.2) is 18.2 Å². The highest BCUT2D eigenvalue weighted by Crippen LogP contribution is 2.44. The third-order valence-corrected chi connectivity index (χ3v) is 4.37. The van der Waals surface area contributed by atoms with Gasteiger partial charge in [-0.05, 0) is 36.5 Å². The van der Waals surface area contributed by atoms with Crippen LogP contribution in [0.1, 0.15) is 30.4 Å². The first-order chi connectivity index (χ1) is 9.63. The molecule has 4 heteroatoms. The Labute approximate surface area is 119 Å². The van der Waals surface area contributed by atoms with Gasteiger partial charge in [-0.3, -0.25) is 4.79 Å². The molecule has 4 nitrogen and oxygen atoms in total. The van der Waals surface area contributed by atoms with Crippen molar-refractivity contribution in [3.05, 3.63) is 29.3 Å². The van der Waals surface area contributed by atoms with Crippen molar-refractivity contribution in [1.82, 2.24) is 5.32 Å². The molecule has 1 aliphatic carbocycles. The monoisotopic (exact) mass is 269 g/mol. The van der Waals surface area contributed by atoms with Gasteiger partial charge in [0.1, 0.15) is 0 Å². The van der Waals surface area contributed by atoms with E-state index >= 15 is 0 Å². The second kappa shape index (κ2) is 4.92. The maximum Gasteiger partial charge on any atom is 0.227 e. The SMILES string of the molecule is CN1C(=O)CCc2cc(CNCC3(C#N)CC3)ccc21. The number of hydrogen-bond donors (Lipinski definition) is 1. The molecule has 1 fully saturated rings. The summed E-state index contributed by atoms with van der Waals surface area (Å²) in [5.74, 6) is 0.188. The molecule has 1 aromatic rings. The predicted octanol–water partition coefficient (Wildman–Crippen LogP) is 1.99. The molecule has 20 heavy (non-hydrogen) atoms. The van der Waals surface area contributed by atoms with E-state index in [0.717, 1.165) is 38.0 Å². The molecule has 104 valence electrons. The van der Waals surface area contributed by atoms with Crippen LogP contribution in [0.25, 0.3) is 0 Å². The van der Waals surface area contributed by atoms with Crippen LogP contribution in [-0.2, 0) is 17.8 Å². The average Bonchev–Trinajstić information content (AvgIpc) is 3.24. The van der Waals surface area contributed by atoms with Crippen LogP contribution < -0.4 is 10.2 Å². The van der Waals surface area contributed by atoms with Gasteiger partial charge in [0.2, 0.25) is 5.91 Å². The van der Waals surface area contributed by atoms with Gasteiger partial charge >= 0.3 is 0 Å². The summed E-state index contributed by atoms with van der Waals surface area (Å²) in [4.78, 5) is 13.4. The van der Waals surface area contributed by atoms with Gasteiger partial charge in [-0.1, -0.05) is 12.1 Å². The van der Waals surface area contributed by atoms with Crippen LogP contribution in [0.5, 0.6) is 0 Å². The van der Waals surface area contributed by atoms with E-state index in [1.54, 1.807) is 4.90 Å². The molecule has 3 rings (SSSR count). The fourth-order valence-corrected chi connectivity index (χ4v) is 2.75. The van der Waals surface area contributed by atoms with Crippen molar-refractivity contribution in [1.29, 1.82) is 5.26 Å². The Morgan fingerprint density at radius 3 is 2.90 bits per heavy atom. The molecular formula is C16H19N3O. The summed E-state index contributed by atoms with van der Waals surface area (Å²) >= 11 is 0. The molecule has 2 aliphatic rings. The van der Waals surface area contributed by atoms with Crippen molar-refractivity contribution in [2.45, 2.75) is 32.2 Å². The van der Waals surface area contributed by atoms with E-state index in [1.165, 1.54) is 11.1 Å². The van der Waals surface area contributed by atoms with Gasteiger partial charge in [0.15, 0.2) is 0 Å². The van der Waals surface area contributed by atoms with Crippen molar-refractivity contribution in [2.24, 2.45) is 5.41 Å². The number of rotatable bonds is 4. The van der Waals surface area contributed by atoms with Gasteiger partial charge < -0.3 is 10.2 Å². The van der Waals surface area contributed by atoms with Crippen molar-refractivity contribution in [3.8, 4) is 6.07 Å². The molecule has 0 radical (unpaired) electrons. The molecule has 1 saturated carbocycles. The number of aryl methyl sites for hydroxylation is 1. The minimum Gasteiger partial charge on any atom is -0.315 e. The Hall–Kier alpha value is -1.86. The second-order valence-electron chi connectivity index (χ2n) is 5.91. The lowest BCUT2D eigenvalue weighted by Gasteiger charge is -2.26. The predicted molar refractivity (Wildman–Crippen MR) is 77.2 cm³/mol. The fourth-order valence-electron chi connectivity index (χ4n) is 2.75. The van der Waals surface area contributed by atoms with E-state index in [2.05, 4.69) is 23.5 Å². The maximum atomic E-state index is 11.6. The summed E-state index contributed by atoms with van der Waals surface area (Å²) in [5.41, 5.74) is 3.40. The molecular weight excluding hydrogens is 250 g/mol. The largest absolute Gasteiger partial charge is 0.315 e. The Morgan fingerprint density at radius 1 is 1.40 bits per heavy atom. The minimum absolute atomic E-state index is 0.0964. The van der Waals surface area contributed by atoms with Crippen molar-refractivity contribution >= 4 is 11.6 Å². The van der Waals surface area contributed by atoms with E-state index in [9.17, 15) is 4.79 Å². The highest BCUT2D eigenvalue weighted by Gasteiger charge is 2.42. The number of carbonyl (C=O) groups is 1. The van der Waals surface area contributed by atoms with Gasteiger partial charge in [-0.25, -0.2) is 0 Å². The van der Waals surface area contributed by atoms with Crippen molar-refractivity contribution in [2.75, 3.05) is 18.5 Å². The van der Waals surface area contributed by atoms with E-state index in [-0.39, 0.29) is 11.3 Å². The summed E-state index contributed by atoms with van der Waals surface area (Å²) in [6.07, 6.45) is 3.47. The van der Waals surface area contributed by atoms with Crippen LogP contribution in [0.3, 0.4) is 0 Å². The molecule has 1 amide bonds. The number of nitrogens with zero attached hydrogens (tertiary/aromatic N) is 2. The zero-order chi connectivity index (χ0) is 14.2. The Bertz CT molecular complexity index is 584. The van der Waals surface area contributed by atoms with Crippen LogP contribution in [0.2, 0.25) is 0 Å². The quantitative estimate of drug-likeness (QED) is 0.909. The third kappa shape index (κ3) is 2.41. The normalized spacial score (nSPS) is 19.4. The van der Waals surface area contributed by atoms with Crippen LogP contribution in [-0.4, -0.2) is 19.5 Å². The Kier molecular flexibility index (Phi) is 3.23. The molecule has 0 saturated heterocycles. The molecule has 1 N–H and O–H groups in total. The van der Waals surface area contributed by atoms with Crippen LogP contribution in [0.4, 0.5) is 5.69 Å². The second-order valence-corrected chi connectivity index (χ2v) is 5.91. The van der Waals surface area contributed by atoms with Gasteiger partial charge in [0.25, 0.3) is 0 Å². The summed E-state index contributed by atoms with van der Waals surface area (Å²) in [7, 11) is 1.84. The third-order valence-electron chi connectivity index (χ3n) is 4.37. The number of nitrogens with one attached hydrogen (secondary N) is 1. The number of amides is 1. The van der Waals surface area contributed by atoms with Crippen LogP contribution >= 0.6 is 0 Å². The lowest BCUT2D eigenvalue weighted by atomic mass is 9.99. The summed E-state index contributed by atoms with van der Waals surface area (Å²) in [6, 6.07) is 8.66. The molecule has 1 heterocycles. The Balaban J connectivity index is 1.64. The number of hydrogen-bond acceptors (Lipinski definition) is 3. The highest BCUT2D eigenvalue weighted by atomic mass is 16.2. The van der Waals surface area contributed by atoms with Crippen molar-refractivity contribution < 1.29 is 4.79 Å². The Morgan fingerprint density at radius 2 is 2.20 bits per heavy atom. The van der Waals surface area contributed by atoms with E-state index in [1.807, 2.05) is 13.1 Å². The average molecular weight is 269 g/mol. The zero-order valence-corrected chi connectivity index (χ0v) is 11.8. The van der Waals surface area contributed by atoms with E-state index in [0.29, 0.717) is 6.42 Å². The number of benzene rings is 1. The first kappa shape index (κ1) is 13.1. The van der Waals surface area contributed by atoms with Gasteiger partial charge in [-0.15, -0.1) is 0 Å². The molecule has 1 aliphatic heterocycles. The van der Waals surface area contributed by atoms with E-state index in [4.69, 9.17) is 5.26 Å². The number of fused-ring (bicyclic) bond motifs is 1.